The molecule has 2 N–H and O–H groups in total. The van der Waals surface area contributed by atoms with Crippen LogP contribution in [0.2, 0.25) is 0 Å². The molecule has 0 aliphatic carbocycles. The van der Waals surface area contributed by atoms with Gasteiger partial charge in [0.15, 0.2) is 0 Å². The van der Waals surface area contributed by atoms with Gasteiger partial charge in [-0.2, -0.15) is 0 Å². The molecule has 1 aliphatic heterocycles. The van der Waals surface area contributed by atoms with Crippen molar-refractivity contribution in [1.29, 1.82) is 0 Å². The highest BCUT2D eigenvalue weighted by Crippen LogP contribution is 2.27. The number of likely N-dealkylation sites (tertiary alicyclic amines) is 1. The summed E-state index contributed by atoms with van der Waals surface area (Å²) >= 11 is 0. The van der Waals surface area contributed by atoms with Crippen LogP contribution in [0.1, 0.15) is 70.4 Å². The Kier molecular flexibility index (Phi) is 13.4. The van der Waals surface area contributed by atoms with Crippen molar-refractivity contribution >= 4 is 23.8 Å². The molecule has 7 nitrogen and oxygen atoms in total. The van der Waals surface area contributed by atoms with Gasteiger partial charge < -0.3 is 20.3 Å². The molecule has 46 heavy (non-hydrogen) atoms. The molecular weight excluding hydrogens is 574 g/mol. The maximum atomic E-state index is 13.9. The van der Waals surface area contributed by atoms with Crippen molar-refractivity contribution in [1.82, 2.24) is 15.5 Å². The van der Waals surface area contributed by atoms with Crippen molar-refractivity contribution < 1.29 is 19.1 Å². The Balaban J connectivity index is 1.41. The summed E-state index contributed by atoms with van der Waals surface area (Å²) in [4.78, 5) is 43.1. The predicted octanol–water partition coefficient (Wildman–Crippen LogP) is 7.38. The maximum absolute atomic E-state index is 13.9. The molecule has 4 rings (SSSR count). The van der Waals surface area contributed by atoms with Gasteiger partial charge in [-0.3, -0.25) is 14.4 Å². The van der Waals surface area contributed by atoms with E-state index in [4.69, 9.17) is 4.74 Å². The van der Waals surface area contributed by atoms with Crippen molar-refractivity contribution in [2.24, 2.45) is 17.8 Å². The molecular formula is C39H49N3O4. The smallest absolute Gasteiger partial charge is 0.245 e. The Labute approximate surface area is 274 Å². The average Bonchev–Trinajstić information content (AvgIpc) is 3.22. The largest absolute Gasteiger partial charge is 0.457 e. The molecule has 1 fully saturated rings. The Morgan fingerprint density at radius 2 is 1.63 bits per heavy atom. The zero-order chi connectivity index (χ0) is 32.7. The van der Waals surface area contributed by atoms with E-state index in [-0.39, 0.29) is 23.6 Å². The van der Waals surface area contributed by atoms with Gasteiger partial charge >= 0.3 is 0 Å². The Bertz CT molecular complexity index is 1420. The summed E-state index contributed by atoms with van der Waals surface area (Å²) in [5, 5.41) is 6.14. The number of hydrogen-bond donors (Lipinski definition) is 2. The molecule has 0 unspecified atom stereocenters. The van der Waals surface area contributed by atoms with Gasteiger partial charge in [0.25, 0.3) is 0 Å². The Morgan fingerprint density at radius 1 is 0.913 bits per heavy atom. The zero-order valence-corrected chi connectivity index (χ0v) is 27.5. The molecule has 7 heteroatoms. The molecule has 3 atom stereocenters. The van der Waals surface area contributed by atoms with Crippen LogP contribution in [0.15, 0.2) is 91.0 Å². The number of nitrogens with zero attached hydrogens (tertiary/aromatic N) is 1. The second-order valence-corrected chi connectivity index (χ2v) is 12.6. The molecule has 3 amide bonds. The van der Waals surface area contributed by atoms with E-state index < -0.39 is 17.9 Å². The van der Waals surface area contributed by atoms with Crippen molar-refractivity contribution in [3.63, 3.8) is 0 Å². The third-order valence-corrected chi connectivity index (χ3v) is 8.34. The van der Waals surface area contributed by atoms with Gasteiger partial charge in [-0.25, -0.2) is 0 Å². The lowest BCUT2D eigenvalue weighted by Gasteiger charge is -2.30. The van der Waals surface area contributed by atoms with Gasteiger partial charge in [0, 0.05) is 31.5 Å². The summed E-state index contributed by atoms with van der Waals surface area (Å²) in [5.74, 6) is 0.286. The van der Waals surface area contributed by atoms with Crippen LogP contribution in [0, 0.1) is 17.8 Å². The van der Waals surface area contributed by atoms with Gasteiger partial charge in [-0.05, 0) is 73.4 Å². The fourth-order valence-corrected chi connectivity index (χ4v) is 6.06. The van der Waals surface area contributed by atoms with Crippen LogP contribution in [0.5, 0.6) is 11.5 Å². The van der Waals surface area contributed by atoms with E-state index in [1.807, 2.05) is 109 Å². The average molecular weight is 624 g/mol. The van der Waals surface area contributed by atoms with Crippen LogP contribution < -0.4 is 15.4 Å². The highest BCUT2D eigenvalue weighted by molar-refractivity contribution is 5.91. The molecule has 0 aromatic heterocycles. The van der Waals surface area contributed by atoms with Crippen LogP contribution in [0.4, 0.5) is 0 Å². The third kappa shape index (κ3) is 10.6. The van der Waals surface area contributed by atoms with Crippen molar-refractivity contribution in [2.75, 3.05) is 13.1 Å². The number of rotatable bonds is 15. The SMILES string of the molecule is CCC[C@H](C(=O)NCC=Cc1ccccc1)[C@@H](CC(C)C)C(=O)N[C@H]1CCCCN(Cc2cccc(Oc3ccccc3)c2)C1=O. The van der Waals surface area contributed by atoms with Crippen LogP contribution in [0.3, 0.4) is 0 Å². The minimum atomic E-state index is -0.618. The normalized spacial score (nSPS) is 16.6. The van der Waals surface area contributed by atoms with Gasteiger partial charge in [0.1, 0.15) is 17.5 Å². The van der Waals surface area contributed by atoms with Crippen LogP contribution in [-0.2, 0) is 20.9 Å². The summed E-state index contributed by atoms with van der Waals surface area (Å²) in [6, 6.07) is 26.7. The molecule has 3 aromatic carbocycles. The van der Waals surface area contributed by atoms with E-state index in [0.29, 0.717) is 44.6 Å². The summed E-state index contributed by atoms with van der Waals surface area (Å²) < 4.78 is 6.01. The standard InChI is InChI=1S/C39H49N3O4/c1-4-15-34(37(43)40-24-14-19-30-16-7-5-8-17-30)35(26-29(2)3)38(44)41-36-23-11-12-25-42(39(36)45)28-31-18-13-22-33(27-31)46-32-20-9-6-10-21-32/h5-10,13-14,16-22,27,29,34-36H,4,11-12,15,23-26,28H2,1-3H3,(H,40,43)(H,41,44)/t34-,35+,36-/m0/s1. The third-order valence-electron chi connectivity index (χ3n) is 8.34. The van der Waals surface area contributed by atoms with E-state index >= 15 is 0 Å². The highest BCUT2D eigenvalue weighted by Gasteiger charge is 2.36. The first kappa shape index (κ1) is 34.5. The van der Waals surface area contributed by atoms with Crippen LogP contribution >= 0.6 is 0 Å². The monoisotopic (exact) mass is 623 g/mol. The predicted molar refractivity (Wildman–Crippen MR) is 184 cm³/mol. The van der Waals surface area contributed by atoms with Gasteiger partial charge in [-0.1, -0.05) is 100 Å². The molecule has 0 spiro atoms. The summed E-state index contributed by atoms with van der Waals surface area (Å²) in [5.41, 5.74) is 2.03. The molecule has 1 heterocycles. The number of para-hydroxylation sites is 1. The second-order valence-electron chi connectivity index (χ2n) is 12.6. The van der Waals surface area contributed by atoms with Crippen LogP contribution in [0.25, 0.3) is 6.08 Å². The van der Waals surface area contributed by atoms with E-state index in [0.717, 1.165) is 36.1 Å². The lowest BCUT2D eigenvalue weighted by Crippen LogP contribution is -2.51. The molecule has 0 radical (unpaired) electrons. The first-order valence-electron chi connectivity index (χ1n) is 16.7. The van der Waals surface area contributed by atoms with E-state index in [2.05, 4.69) is 24.5 Å². The molecule has 0 saturated carbocycles. The number of carbonyl (C=O) groups excluding carboxylic acids is 3. The van der Waals surface area contributed by atoms with Crippen molar-refractivity contribution in [2.45, 2.75) is 71.9 Å². The van der Waals surface area contributed by atoms with E-state index in [1.54, 1.807) is 0 Å². The zero-order valence-electron chi connectivity index (χ0n) is 27.5. The maximum Gasteiger partial charge on any atom is 0.245 e. The quantitative estimate of drug-likeness (QED) is 0.185. The number of ether oxygens (including phenoxy) is 1. The minimum Gasteiger partial charge on any atom is -0.457 e. The first-order valence-corrected chi connectivity index (χ1v) is 16.7. The minimum absolute atomic E-state index is 0.0777. The van der Waals surface area contributed by atoms with Gasteiger partial charge in [-0.15, -0.1) is 0 Å². The molecule has 0 bridgehead atoms. The number of hydrogen-bond acceptors (Lipinski definition) is 4. The van der Waals surface area contributed by atoms with E-state index in [9.17, 15) is 14.4 Å². The fraction of sp³-hybridized carbons (Fsp3) is 0.410. The lowest BCUT2D eigenvalue weighted by molar-refractivity contribution is -0.140. The highest BCUT2D eigenvalue weighted by atomic mass is 16.5. The summed E-state index contributed by atoms with van der Waals surface area (Å²) in [7, 11) is 0. The number of carbonyl (C=O) groups is 3. The number of benzene rings is 3. The van der Waals surface area contributed by atoms with Crippen molar-refractivity contribution in [3.05, 3.63) is 102 Å². The van der Waals surface area contributed by atoms with Gasteiger partial charge in [0.2, 0.25) is 17.7 Å². The van der Waals surface area contributed by atoms with Crippen molar-refractivity contribution in [3.8, 4) is 11.5 Å². The molecule has 3 aromatic rings. The molecule has 244 valence electrons. The van der Waals surface area contributed by atoms with Gasteiger partial charge in [0.05, 0.1) is 0 Å². The fourth-order valence-electron chi connectivity index (χ4n) is 6.06. The topological polar surface area (TPSA) is 87.7 Å². The van der Waals surface area contributed by atoms with Crippen LogP contribution in [-0.4, -0.2) is 41.8 Å². The number of amides is 3. The molecule has 1 saturated heterocycles. The lowest BCUT2D eigenvalue weighted by atomic mass is 9.81. The Morgan fingerprint density at radius 3 is 2.35 bits per heavy atom. The first-order chi connectivity index (χ1) is 22.3. The summed E-state index contributed by atoms with van der Waals surface area (Å²) in [6.45, 7) is 7.62. The Hall–Kier alpha value is -4.39. The molecule has 1 aliphatic rings. The number of nitrogens with one attached hydrogen (secondary N) is 2. The summed E-state index contributed by atoms with van der Waals surface area (Å²) in [6.07, 6.45) is 8.15. The second kappa shape index (κ2) is 17.9. The van der Waals surface area contributed by atoms with E-state index in [1.165, 1.54) is 0 Å².